The van der Waals surface area contributed by atoms with Crippen molar-refractivity contribution in [1.29, 1.82) is 0 Å². The molecule has 0 aromatic heterocycles. The Kier molecular flexibility index (Phi) is 26.8. The number of nitrogens with one attached hydrogen (secondary N) is 3. The molecule has 2 heterocycles. The van der Waals surface area contributed by atoms with E-state index >= 15 is 0 Å². The smallest absolute Gasteiger partial charge is 0.307 e. The second-order valence-corrected chi connectivity index (χ2v) is 22.2. The van der Waals surface area contributed by atoms with E-state index in [1.54, 1.807) is 42.7 Å². The molecule has 23 nitrogen and oxygen atoms in total. The maximum atomic E-state index is 14.8. The lowest BCUT2D eigenvalue weighted by molar-refractivity contribution is -0.148. The van der Waals surface area contributed by atoms with E-state index in [-0.39, 0.29) is 99.0 Å². The number of aromatic hydroxyl groups is 1. The molecule has 77 heavy (non-hydrogen) atoms. The Morgan fingerprint density at radius 2 is 1.35 bits per heavy atom. The molecular formula is C54H91N13O10. The third kappa shape index (κ3) is 21.5. The minimum atomic E-state index is -1.22. The van der Waals surface area contributed by atoms with Gasteiger partial charge in [-0.15, -0.1) is 0 Å². The largest absolute Gasteiger partial charge is 0.508 e. The first-order valence-electron chi connectivity index (χ1n) is 27.3. The van der Waals surface area contributed by atoms with Gasteiger partial charge in [0.1, 0.15) is 17.8 Å². The van der Waals surface area contributed by atoms with Crippen LogP contribution in [0.25, 0.3) is 0 Å². The number of benzene rings is 1. The summed E-state index contributed by atoms with van der Waals surface area (Å²) in [7, 11) is 1.51. The number of rotatable bonds is 33. The second-order valence-electron chi connectivity index (χ2n) is 22.2. The molecule has 2 aliphatic heterocycles. The monoisotopic (exact) mass is 1080 g/mol. The van der Waals surface area contributed by atoms with Crippen LogP contribution >= 0.6 is 0 Å². The highest BCUT2D eigenvalue weighted by molar-refractivity contribution is 5.97. The van der Waals surface area contributed by atoms with E-state index in [0.29, 0.717) is 70.3 Å². The predicted octanol–water partition coefficient (Wildman–Crippen LogP) is 1.26. The summed E-state index contributed by atoms with van der Waals surface area (Å²) in [5.41, 5.74) is 27.7. The number of carboxylic acids is 1. The van der Waals surface area contributed by atoms with Crippen molar-refractivity contribution < 1.29 is 48.6 Å². The minimum absolute atomic E-state index is 0.000106. The van der Waals surface area contributed by atoms with Crippen molar-refractivity contribution in [2.24, 2.45) is 61.8 Å². The Hall–Kier alpha value is -6.36. The average Bonchev–Trinajstić information content (AvgIpc) is 4.04. The molecule has 5 amide bonds. The average molecular weight is 1080 g/mol. The molecule has 2 fully saturated rings. The summed E-state index contributed by atoms with van der Waals surface area (Å²) >= 11 is 0. The third-order valence-electron chi connectivity index (χ3n) is 14.5. The van der Waals surface area contributed by atoms with Gasteiger partial charge in [-0.25, -0.2) is 0 Å². The lowest BCUT2D eigenvalue weighted by Crippen LogP contribution is -2.57. The van der Waals surface area contributed by atoms with Crippen LogP contribution in [0.3, 0.4) is 0 Å². The molecule has 8 atom stereocenters. The second kappa shape index (κ2) is 31.8. The maximum Gasteiger partial charge on any atom is 0.307 e. The molecule has 0 unspecified atom stereocenters. The van der Waals surface area contributed by atoms with E-state index in [0.717, 1.165) is 12.8 Å². The lowest BCUT2D eigenvalue weighted by atomic mass is 9.76. The Balaban J connectivity index is 1.88. The van der Waals surface area contributed by atoms with Crippen LogP contribution in [-0.2, 0) is 44.8 Å². The fourth-order valence-corrected chi connectivity index (χ4v) is 10.3. The first kappa shape index (κ1) is 64.9. The number of hydrogen-bond donors (Lipinski definition) is 10. The number of carbonyl (C=O) groups is 8. The van der Waals surface area contributed by atoms with Gasteiger partial charge in [-0.3, -0.25) is 48.3 Å². The number of nitrogens with two attached hydrogens (primary N) is 5. The van der Waals surface area contributed by atoms with E-state index < -0.39 is 83.2 Å². The summed E-state index contributed by atoms with van der Waals surface area (Å²) in [5, 5.41) is 29.0. The van der Waals surface area contributed by atoms with Gasteiger partial charge in [0, 0.05) is 71.5 Å². The standard InChI is InChI=1S/C54H91N13O10/c1-33(2)28-42(62-32-37-14-12-26-66(37)48(73)41(63-34(3)68)15-8-9-23-55)49(74)67-27-13-18-44(67)50(75)65(7)43(17-11-25-61-53(58)59)46(71)31-39(54(4,5)6)47(72)64-40(16-10-24-60-52(56)57)45(70)30-36(51(76)77)29-35-19-21-38(69)22-20-35/h19-22,33,36-37,39-44,62,69H,8-18,23-32,55H2,1-7H3,(H,63,68)(H,64,72)(H,76,77)(H4,56,57,60)(H4,58,59,61)/t36-,37+,39-,40+,41+,42+,43+,44+/m1/s1. The van der Waals surface area contributed by atoms with Gasteiger partial charge >= 0.3 is 5.97 Å². The van der Waals surface area contributed by atoms with Crippen molar-refractivity contribution in [2.45, 2.75) is 174 Å². The summed E-state index contributed by atoms with van der Waals surface area (Å²) in [5.74, 6) is -6.45. The molecule has 15 N–H and O–H groups in total. The molecule has 0 spiro atoms. The quantitative estimate of drug-likeness (QED) is 0.0269. The van der Waals surface area contributed by atoms with Crippen molar-refractivity contribution in [3.8, 4) is 5.75 Å². The summed E-state index contributed by atoms with van der Waals surface area (Å²) < 4.78 is 0. The fourth-order valence-electron chi connectivity index (χ4n) is 10.3. The van der Waals surface area contributed by atoms with Crippen molar-refractivity contribution in [3.05, 3.63) is 29.8 Å². The van der Waals surface area contributed by atoms with Gasteiger partial charge in [0.2, 0.25) is 29.5 Å². The number of Topliss-reactive ketones (excluding diaryl/α,β-unsaturated/α-hetero) is 2. The van der Waals surface area contributed by atoms with Crippen molar-refractivity contribution >= 4 is 59.0 Å². The fraction of sp³-hybridized carbons (Fsp3) is 0.704. The maximum absolute atomic E-state index is 14.8. The van der Waals surface area contributed by atoms with Gasteiger partial charge in [-0.1, -0.05) is 46.8 Å². The number of phenols is 1. The van der Waals surface area contributed by atoms with E-state index in [2.05, 4.69) is 25.9 Å². The van der Waals surface area contributed by atoms with Crippen LogP contribution in [0, 0.1) is 23.2 Å². The number of carbonyl (C=O) groups excluding carboxylic acids is 7. The zero-order chi connectivity index (χ0) is 57.6. The number of aliphatic imine (C=N–C) groups is 2. The zero-order valence-corrected chi connectivity index (χ0v) is 46.6. The highest BCUT2D eigenvalue weighted by Crippen LogP contribution is 2.32. The van der Waals surface area contributed by atoms with Crippen molar-refractivity contribution in [1.82, 2.24) is 30.7 Å². The van der Waals surface area contributed by atoms with E-state index in [9.17, 15) is 48.6 Å². The molecule has 0 saturated carbocycles. The molecule has 0 bridgehead atoms. The molecule has 2 aliphatic rings. The summed E-state index contributed by atoms with van der Waals surface area (Å²) in [4.78, 5) is 124. The molecule has 1 aromatic carbocycles. The van der Waals surface area contributed by atoms with Crippen LogP contribution in [-0.4, -0.2) is 166 Å². The number of amides is 5. The normalized spacial score (nSPS) is 17.8. The zero-order valence-electron chi connectivity index (χ0n) is 46.6. The van der Waals surface area contributed by atoms with Crippen LogP contribution in [0.1, 0.15) is 137 Å². The van der Waals surface area contributed by atoms with E-state index in [1.807, 2.05) is 13.8 Å². The van der Waals surface area contributed by atoms with E-state index in [4.69, 9.17) is 28.7 Å². The summed E-state index contributed by atoms with van der Waals surface area (Å²) in [6.07, 6.45) is 4.58. The van der Waals surface area contributed by atoms with Crippen LogP contribution in [0.4, 0.5) is 0 Å². The molecule has 3 rings (SSSR count). The van der Waals surface area contributed by atoms with E-state index in [1.165, 1.54) is 31.0 Å². The number of carboxylic acid groups (broad SMARTS) is 1. The summed E-state index contributed by atoms with van der Waals surface area (Å²) in [6, 6.07) is 1.23. The van der Waals surface area contributed by atoms with Gasteiger partial charge < -0.3 is 69.5 Å². The number of hydrogen-bond acceptors (Lipinski definition) is 13. The Morgan fingerprint density at radius 1 is 0.766 bits per heavy atom. The number of likely N-dealkylation sites (N-methyl/N-ethyl adjacent to an activating group) is 1. The Labute approximate surface area is 454 Å². The first-order chi connectivity index (χ1) is 36.2. The molecule has 23 heteroatoms. The predicted molar refractivity (Wildman–Crippen MR) is 295 cm³/mol. The van der Waals surface area contributed by atoms with Gasteiger partial charge in [0.15, 0.2) is 23.5 Å². The first-order valence-corrected chi connectivity index (χ1v) is 27.3. The third-order valence-corrected chi connectivity index (χ3v) is 14.5. The minimum Gasteiger partial charge on any atom is -0.508 e. The lowest BCUT2D eigenvalue weighted by Gasteiger charge is -2.36. The topological polar surface area (TPSA) is 378 Å². The molecule has 1 aromatic rings. The highest BCUT2D eigenvalue weighted by Gasteiger charge is 2.43. The van der Waals surface area contributed by atoms with Gasteiger partial charge in [0.05, 0.1) is 24.0 Å². The Morgan fingerprint density at radius 3 is 1.92 bits per heavy atom. The SMILES string of the molecule is CC(=O)N[C@@H](CCCCN)C(=O)N1CCC[C@H]1CN[C@@H](CC(C)C)C(=O)N1CCC[C@H]1C(=O)N(C)[C@@H](CCCN=C(N)N)C(=O)C[C@H](C(=O)N[C@@H](CCCN=C(N)N)C(=O)C[C@@H](Cc1ccc(O)cc1)C(=O)O)C(C)(C)C. The molecular weight excluding hydrogens is 991 g/mol. The van der Waals surface area contributed by atoms with Crippen molar-refractivity contribution in [2.75, 3.05) is 46.3 Å². The molecule has 432 valence electrons. The molecule has 2 saturated heterocycles. The van der Waals surface area contributed by atoms with Crippen LogP contribution in [0.2, 0.25) is 0 Å². The highest BCUT2D eigenvalue weighted by atomic mass is 16.4. The molecule has 0 radical (unpaired) electrons. The summed E-state index contributed by atoms with van der Waals surface area (Å²) in [6.45, 7) is 12.6. The number of likely N-dealkylation sites (tertiary alicyclic amines) is 2. The Bertz CT molecular complexity index is 2190. The number of ketones is 2. The van der Waals surface area contributed by atoms with Crippen LogP contribution in [0.5, 0.6) is 5.75 Å². The number of unbranched alkanes of at least 4 members (excludes halogenated alkanes) is 1. The van der Waals surface area contributed by atoms with Crippen LogP contribution in [0.15, 0.2) is 34.3 Å². The molecule has 0 aliphatic carbocycles. The van der Waals surface area contributed by atoms with Crippen LogP contribution < -0.4 is 44.6 Å². The number of aliphatic carboxylic acids is 1. The number of phenolic OH excluding ortho intramolecular Hbond substituents is 1. The van der Waals surface area contributed by atoms with Gasteiger partial charge in [0.25, 0.3) is 0 Å². The number of nitrogens with zero attached hydrogens (tertiary/aromatic N) is 5. The number of guanidine groups is 2. The van der Waals surface area contributed by atoms with Gasteiger partial charge in [-0.05, 0) is 119 Å². The van der Waals surface area contributed by atoms with Gasteiger partial charge in [-0.2, -0.15) is 0 Å². The van der Waals surface area contributed by atoms with Crippen molar-refractivity contribution in [3.63, 3.8) is 0 Å².